The summed E-state index contributed by atoms with van der Waals surface area (Å²) in [6.45, 7) is 2.05. The lowest BCUT2D eigenvalue weighted by Crippen LogP contribution is -2.01. The van der Waals surface area contributed by atoms with Crippen molar-refractivity contribution in [3.05, 3.63) is 40.0 Å². The zero-order valence-corrected chi connectivity index (χ0v) is 10.5. The molecule has 3 aromatic rings. The zero-order valence-electron chi connectivity index (χ0n) is 10.5. The quantitative estimate of drug-likeness (QED) is 0.549. The molecule has 9 nitrogen and oxygen atoms in total. The van der Waals surface area contributed by atoms with E-state index in [1.54, 1.807) is 13.0 Å². The van der Waals surface area contributed by atoms with Crippen LogP contribution in [0.2, 0.25) is 0 Å². The van der Waals surface area contributed by atoms with E-state index in [9.17, 15) is 10.1 Å². The molecule has 0 aliphatic rings. The molecule has 2 N–H and O–H groups in total. The molecule has 0 atom stereocenters. The molecule has 2 heterocycles. The zero-order chi connectivity index (χ0) is 14.1. The van der Waals surface area contributed by atoms with Crippen LogP contribution in [0.1, 0.15) is 11.7 Å². The van der Waals surface area contributed by atoms with Crippen molar-refractivity contribution in [1.82, 2.24) is 20.1 Å². The lowest BCUT2D eigenvalue weighted by Gasteiger charge is -1.96. The number of non-ortho nitro benzene ring substituents is 1. The number of hydrogen-bond donors (Lipinski definition) is 2. The molecule has 0 aliphatic carbocycles. The van der Waals surface area contributed by atoms with Gasteiger partial charge in [-0.1, -0.05) is 5.16 Å². The van der Waals surface area contributed by atoms with Gasteiger partial charge in [-0.25, -0.2) is 4.98 Å². The van der Waals surface area contributed by atoms with Gasteiger partial charge in [0.25, 0.3) is 5.69 Å². The summed E-state index contributed by atoms with van der Waals surface area (Å²) in [5.74, 6) is 1.48. The molecular weight excluding hydrogens is 264 g/mol. The molecule has 0 fully saturated rings. The normalized spacial score (nSPS) is 10.8. The maximum atomic E-state index is 10.7. The molecule has 0 bridgehead atoms. The van der Waals surface area contributed by atoms with Crippen LogP contribution in [0.5, 0.6) is 0 Å². The predicted octanol–water partition coefficient (Wildman–Crippen LogP) is 1.77. The number of nitro groups is 1. The van der Waals surface area contributed by atoms with Gasteiger partial charge in [0.05, 0.1) is 22.5 Å². The van der Waals surface area contributed by atoms with Gasteiger partial charge in [0.1, 0.15) is 0 Å². The number of nitro benzene ring substituents is 1. The van der Waals surface area contributed by atoms with Gasteiger partial charge < -0.3 is 14.8 Å². The number of nitrogens with zero attached hydrogens (tertiary/aromatic N) is 4. The first-order valence-corrected chi connectivity index (χ1v) is 5.79. The smallest absolute Gasteiger partial charge is 0.271 e. The van der Waals surface area contributed by atoms with E-state index in [1.807, 2.05) is 0 Å². The number of H-pyrrole nitrogens is 1. The molecule has 0 saturated heterocycles. The Labute approximate surface area is 112 Å². The number of aromatic amines is 1. The molecule has 20 heavy (non-hydrogen) atoms. The third-order valence-electron chi connectivity index (χ3n) is 2.65. The van der Waals surface area contributed by atoms with E-state index in [0.29, 0.717) is 35.2 Å². The number of nitrogens with one attached hydrogen (secondary N) is 2. The number of anilines is 1. The fourth-order valence-corrected chi connectivity index (χ4v) is 1.77. The van der Waals surface area contributed by atoms with Crippen LogP contribution >= 0.6 is 0 Å². The third kappa shape index (κ3) is 2.28. The van der Waals surface area contributed by atoms with Crippen LogP contribution in [-0.4, -0.2) is 25.0 Å². The second kappa shape index (κ2) is 4.61. The van der Waals surface area contributed by atoms with Crippen LogP contribution in [0, 0.1) is 17.0 Å². The van der Waals surface area contributed by atoms with Crippen LogP contribution in [-0.2, 0) is 6.54 Å². The molecule has 1 aromatic carbocycles. The van der Waals surface area contributed by atoms with E-state index >= 15 is 0 Å². The van der Waals surface area contributed by atoms with Crippen molar-refractivity contribution < 1.29 is 9.45 Å². The Kier molecular flexibility index (Phi) is 2.78. The fourth-order valence-electron chi connectivity index (χ4n) is 1.77. The Bertz CT molecular complexity index is 777. The number of imidazole rings is 1. The standard InChI is InChI=1S/C11H10N6O3/c1-6-13-10(20-16-6)5-12-11-14-8-3-2-7(17(18)19)4-9(8)15-11/h2-4H,5H2,1H3,(H2,12,14,15). The molecule has 2 aromatic heterocycles. The van der Waals surface area contributed by atoms with Crippen molar-refractivity contribution in [2.45, 2.75) is 13.5 Å². The molecule has 0 unspecified atom stereocenters. The number of benzene rings is 1. The van der Waals surface area contributed by atoms with Gasteiger partial charge in [0.15, 0.2) is 5.82 Å². The van der Waals surface area contributed by atoms with Gasteiger partial charge in [0, 0.05) is 12.1 Å². The summed E-state index contributed by atoms with van der Waals surface area (Å²) in [5.41, 5.74) is 1.24. The second-order valence-electron chi connectivity index (χ2n) is 4.13. The van der Waals surface area contributed by atoms with Gasteiger partial charge in [0.2, 0.25) is 11.8 Å². The Morgan fingerprint density at radius 3 is 3.00 bits per heavy atom. The summed E-state index contributed by atoms with van der Waals surface area (Å²) in [4.78, 5) is 21.5. The molecular formula is C11H10N6O3. The summed E-state index contributed by atoms with van der Waals surface area (Å²) in [7, 11) is 0. The van der Waals surface area contributed by atoms with Crippen LogP contribution in [0.4, 0.5) is 11.6 Å². The Balaban J connectivity index is 1.80. The van der Waals surface area contributed by atoms with Gasteiger partial charge in [-0.15, -0.1) is 0 Å². The summed E-state index contributed by atoms with van der Waals surface area (Å²) >= 11 is 0. The lowest BCUT2D eigenvalue weighted by atomic mass is 10.3. The summed E-state index contributed by atoms with van der Waals surface area (Å²) in [6.07, 6.45) is 0. The van der Waals surface area contributed by atoms with E-state index in [0.717, 1.165) is 0 Å². The largest absolute Gasteiger partial charge is 0.347 e. The highest BCUT2D eigenvalue weighted by molar-refractivity contribution is 5.79. The van der Waals surface area contributed by atoms with E-state index in [2.05, 4.69) is 25.4 Å². The first-order valence-electron chi connectivity index (χ1n) is 5.79. The van der Waals surface area contributed by atoms with Gasteiger partial charge >= 0.3 is 0 Å². The van der Waals surface area contributed by atoms with Gasteiger partial charge in [-0.3, -0.25) is 10.1 Å². The minimum Gasteiger partial charge on any atom is -0.347 e. The van der Waals surface area contributed by atoms with Crippen molar-refractivity contribution >= 4 is 22.7 Å². The van der Waals surface area contributed by atoms with E-state index in [-0.39, 0.29) is 5.69 Å². The first-order chi connectivity index (χ1) is 9.61. The molecule has 0 radical (unpaired) electrons. The molecule has 0 saturated carbocycles. The molecule has 0 spiro atoms. The second-order valence-corrected chi connectivity index (χ2v) is 4.13. The van der Waals surface area contributed by atoms with Crippen molar-refractivity contribution in [2.24, 2.45) is 0 Å². The maximum Gasteiger partial charge on any atom is 0.271 e. The highest BCUT2D eigenvalue weighted by atomic mass is 16.6. The van der Waals surface area contributed by atoms with E-state index < -0.39 is 4.92 Å². The number of aryl methyl sites for hydroxylation is 1. The van der Waals surface area contributed by atoms with Gasteiger partial charge in [-0.2, -0.15) is 4.98 Å². The summed E-state index contributed by atoms with van der Waals surface area (Å²) < 4.78 is 4.96. The monoisotopic (exact) mass is 274 g/mol. The van der Waals surface area contributed by atoms with Crippen molar-refractivity contribution in [3.63, 3.8) is 0 Å². The summed E-state index contributed by atoms with van der Waals surface area (Å²) in [6, 6.07) is 4.44. The van der Waals surface area contributed by atoms with Crippen molar-refractivity contribution in [3.8, 4) is 0 Å². The molecule has 102 valence electrons. The highest BCUT2D eigenvalue weighted by Gasteiger charge is 2.10. The molecule has 3 rings (SSSR count). The molecule has 0 amide bonds. The predicted molar refractivity (Wildman–Crippen MR) is 69.1 cm³/mol. The number of rotatable bonds is 4. The maximum absolute atomic E-state index is 10.7. The van der Waals surface area contributed by atoms with Crippen LogP contribution < -0.4 is 5.32 Å². The fraction of sp³-hybridized carbons (Fsp3) is 0.182. The van der Waals surface area contributed by atoms with Crippen LogP contribution in [0.25, 0.3) is 11.0 Å². The Morgan fingerprint density at radius 2 is 2.30 bits per heavy atom. The SMILES string of the molecule is Cc1noc(CNc2nc3ccc([N+](=O)[O-])cc3[nH]2)n1. The third-order valence-corrected chi connectivity index (χ3v) is 2.65. The first kappa shape index (κ1) is 12.1. The topological polar surface area (TPSA) is 123 Å². The average molecular weight is 274 g/mol. The number of hydrogen-bond acceptors (Lipinski definition) is 7. The summed E-state index contributed by atoms with van der Waals surface area (Å²) in [5, 5.41) is 17.3. The van der Waals surface area contributed by atoms with Crippen molar-refractivity contribution in [2.75, 3.05) is 5.32 Å². The van der Waals surface area contributed by atoms with Crippen molar-refractivity contribution in [1.29, 1.82) is 0 Å². The van der Waals surface area contributed by atoms with Gasteiger partial charge in [-0.05, 0) is 13.0 Å². The minimum atomic E-state index is -0.450. The Morgan fingerprint density at radius 1 is 1.45 bits per heavy atom. The molecule has 0 aliphatic heterocycles. The highest BCUT2D eigenvalue weighted by Crippen LogP contribution is 2.20. The van der Waals surface area contributed by atoms with Crippen LogP contribution in [0.3, 0.4) is 0 Å². The average Bonchev–Trinajstić information content (AvgIpc) is 3.00. The number of aromatic nitrogens is 4. The van der Waals surface area contributed by atoms with E-state index in [4.69, 9.17) is 4.52 Å². The lowest BCUT2D eigenvalue weighted by molar-refractivity contribution is -0.384. The Hall–Kier alpha value is -2.97. The molecule has 9 heteroatoms. The van der Waals surface area contributed by atoms with E-state index in [1.165, 1.54) is 12.1 Å². The minimum absolute atomic E-state index is 0.0141. The number of fused-ring (bicyclic) bond motifs is 1. The van der Waals surface area contributed by atoms with Crippen LogP contribution in [0.15, 0.2) is 22.7 Å².